The van der Waals surface area contributed by atoms with Crippen molar-refractivity contribution in [2.75, 3.05) is 9.80 Å². The molecule has 2 aliphatic rings. The molecule has 2 aromatic rings. The molecule has 0 aromatic heterocycles. The summed E-state index contributed by atoms with van der Waals surface area (Å²) < 4.78 is 0. The van der Waals surface area contributed by atoms with Crippen LogP contribution in [0.4, 0.5) is 11.4 Å². The predicted molar refractivity (Wildman–Crippen MR) is 173 cm³/mol. The molecule has 0 radical (unpaired) electrons. The number of anilines is 2. The summed E-state index contributed by atoms with van der Waals surface area (Å²) >= 11 is 0. The lowest BCUT2D eigenvalue weighted by atomic mass is 9.74. The summed E-state index contributed by atoms with van der Waals surface area (Å²) in [6, 6.07) is 10.9. The van der Waals surface area contributed by atoms with Gasteiger partial charge in [0, 0.05) is 34.5 Å². The molecule has 39 heavy (non-hydrogen) atoms. The van der Waals surface area contributed by atoms with Gasteiger partial charge in [-0.3, -0.25) is 0 Å². The van der Waals surface area contributed by atoms with E-state index in [1.54, 1.807) is 0 Å². The number of benzene rings is 2. The van der Waals surface area contributed by atoms with Gasteiger partial charge in [-0.05, 0) is 133 Å². The first-order chi connectivity index (χ1) is 17.9. The average Bonchev–Trinajstić information content (AvgIpc) is 3.07. The molecular weight excluding hydrogens is 472 g/mol. The van der Waals surface area contributed by atoms with Gasteiger partial charge in [0.1, 0.15) is 0 Å². The third-order valence-electron chi connectivity index (χ3n) is 10.8. The van der Waals surface area contributed by atoms with Crippen molar-refractivity contribution >= 4 is 11.4 Å². The molecule has 2 saturated heterocycles. The van der Waals surface area contributed by atoms with Gasteiger partial charge in [0.25, 0.3) is 0 Å². The zero-order chi connectivity index (χ0) is 29.3. The van der Waals surface area contributed by atoms with Crippen LogP contribution in [0.25, 0.3) is 0 Å². The first kappa shape index (κ1) is 30.0. The zero-order valence-electron chi connectivity index (χ0n) is 27.9. The van der Waals surface area contributed by atoms with Crippen molar-refractivity contribution in [3.63, 3.8) is 0 Å². The first-order valence-corrected chi connectivity index (χ1v) is 15.7. The second-order valence-corrected chi connectivity index (χ2v) is 15.6. The van der Waals surface area contributed by atoms with E-state index in [9.17, 15) is 0 Å². The quantitative estimate of drug-likeness (QED) is 0.367. The molecule has 2 heteroatoms. The van der Waals surface area contributed by atoms with Gasteiger partial charge in [0.2, 0.25) is 0 Å². The molecule has 2 nitrogen and oxygen atoms in total. The highest BCUT2D eigenvalue weighted by Crippen LogP contribution is 2.53. The molecule has 0 amide bonds. The minimum absolute atomic E-state index is 0.112. The van der Waals surface area contributed by atoms with Crippen molar-refractivity contribution in [1.82, 2.24) is 0 Å². The van der Waals surface area contributed by atoms with E-state index in [-0.39, 0.29) is 16.5 Å². The van der Waals surface area contributed by atoms with Crippen molar-refractivity contribution in [1.29, 1.82) is 0 Å². The lowest BCUT2D eigenvalue weighted by Crippen LogP contribution is -2.44. The number of hydrogen-bond acceptors (Lipinski definition) is 2. The molecule has 216 valence electrons. The van der Waals surface area contributed by atoms with Crippen LogP contribution in [-0.2, 0) is 19.3 Å². The van der Waals surface area contributed by atoms with Crippen LogP contribution in [0, 0.1) is 31.6 Å². The Balaban J connectivity index is 1.75. The molecule has 3 atom stereocenters. The standard InChI is InChI=1S/C37H58N2/c1-15-30-19-29(20-31(16-2)33(30)38-27(6)34(8,9)22-35(38,10)11)21-37(14)23-36(12,13)39(28(37)7)32-25(4)17-24(3)18-26(32)5/h17-20,27-28H,15-16,21-23H2,1-14H3. The number of rotatable bonds is 6. The Bertz CT molecular complexity index is 1180. The van der Waals surface area contributed by atoms with Crippen LogP contribution in [0.15, 0.2) is 24.3 Å². The van der Waals surface area contributed by atoms with Gasteiger partial charge < -0.3 is 9.80 Å². The van der Waals surface area contributed by atoms with Gasteiger partial charge in [0.05, 0.1) is 0 Å². The molecule has 2 aliphatic heterocycles. The Morgan fingerprint density at radius 2 is 1.13 bits per heavy atom. The van der Waals surface area contributed by atoms with E-state index in [1.807, 2.05) is 0 Å². The van der Waals surface area contributed by atoms with Crippen LogP contribution in [0.5, 0.6) is 0 Å². The monoisotopic (exact) mass is 530 g/mol. The zero-order valence-corrected chi connectivity index (χ0v) is 27.9. The lowest BCUT2D eigenvalue weighted by Gasteiger charge is -2.41. The summed E-state index contributed by atoms with van der Waals surface area (Å²) in [7, 11) is 0. The third kappa shape index (κ3) is 5.04. The molecule has 0 bridgehead atoms. The second-order valence-electron chi connectivity index (χ2n) is 15.6. The van der Waals surface area contributed by atoms with Crippen molar-refractivity contribution in [2.45, 2.75) is 152 Å². The van der Waals surface area contributed by atoms with Gasteiger partial charge in [-0.1, -0.05) is 64.4 Å². The van der Waals surface area contributed by atoms with E-state index in [0.717, 1.165) is 19.3 Å². The first-order valence-electron chi connectivity index (χ1n) is 15.7. The molecule has 2 fully saturated rings. The van der Waals surface area contributed by atoms with Crippen molar-refractivity contribution in [3.8, 4) is 0 Å². The maximum absolute atomic E-state index is 2.79. The van der Waals surface area contributed by atoms with Gasteiger partial charge >= 0.3 is 0 Å². The maximum atomic E-state index is 2.79. The highest BCUT2D eigenvalue weighted by Gasteiger charge is 2.52. The summed E-state index contributed by atoms with van der Waals surface area (Å²) in [4.78, 5) is 5.56. The Kier molecular flexibility index (Phi) is 7.58. The average molecular weight is 531 g/mol. The van der Waals surface area contributed by atoms with E-state index >= 15 is 0 Å². The normalized spacial score (nSPS) is 27.4. The number of nitrogens with zero attached hydrogens (tertiary/aromatic N) is 2. The van der Waals surface area contributed by atoms with E-state index < -0.39 is 0 Å². The van der Waals surface area contributed by atoms with Gasteiger partial charge in [-0.25, -0.2) is 0 Å². The van der Waals surface area contributed by atoms with E-state index in [0.29, 0.717) is 17.5 Å². The third-order valence-corrected chi connectivity index (χ3v) is 10.8. The van der Waals surface area contributed by atoms with Crippen LogP contribution < -0.4 is 9.80 Å². The van der Waals surface area contributed by atoms with Gasteiger partial charge in [-0.2, -0.15) is 0 Å². The topological polar surface area (TPSA) is 6.48 Å². The van der Waals surface area contributed by atoms with Gasteiger partial charge in [-0.15, -0.1) is 0 Å². The lowest BCUT2D eigenvalue weighted by molar-refractivity contribution is 0.289. The van der Waals surface area contributed by atoms with Crippen molar-refractivity contribution in [3.05, 3.63) is 57.6 Å². The molecule has 4 rings (SSSR count). The van der Waals surface area contributed by atoms with Crippen molar-refractivity contribution < 1.29 is 0 Å². The second kappa shape index (κ2) is 9.85. The SMILES string of the molecule is CCc1cc(CC2(C)CC(C)(C)N(c3c(C)cc(C)cc3C)C2C)cc(CC)c1N1C(C)C(C)(C)CC1(C)C. The Labute approximate surface area is 241 Å². The molecule has 3 unspecified atom stereocenters. The predicted octanol–water partition coefficient (Wildman–Crippen LogP) is 9.77. The highest BCUT2D eigenvalue weighted by molar-refractivity contribution is 5.66. The summed E-state index contributed by atoms with van der Waals surface area (Å²) in [6.07, 6.45) is 5.72. The number of hydrogen-bond donors (Lipinski definition) is 0. The fourth-order valence-corrected chi connectivity index (χ4v) is 9.28. The van der Waals surface area contributed by atoms with Crippen LogP contribution in [0.3, 0.4) is 0 Å². The van der Waals surface area contributed by atoms with Crippen LogP contribution in [0.1, 0.15) is 122 Å². The molecule has 2 heterocycles. The Morgan fingerprint density at radius 1 is 0.667 bits per heavy atom. The molecular formula is C37H58N2. The van der Waals surface area contributed by atoms with Crippen LogP contribution in [0.2, 0.25) is 0 Å². The Hall–Kier alpha value is -1.96. The largest absolute Gasteiger partial charge is 0.363 e. The van der Waals surface area contributed by atoms with E-state index in [2.05, 4.69) is 131 Å². The minimum Gasteiger partial charge on any atom is -0.363 e. The van der Waals surface area contributed by atoms with Crippen LogP contribution >= 0.6 is 0 Å². The van der Waals surface area contributed by atoms with Crippen molar-refractivity contribution in [2.24, 2.45) is 10.8 Å². The maximum Gasteiger partial charge on any atom is 0.0438 e. The summed E-state index contributed by atoms with van der Waals surface area (Å²) in [5.41, 5.74) is 12.6. The smallest absolute Gasteiger partial charge is 0.0438 e. The molecule has 0 spiro atoms. The fourth-order valence-electron chi connectivity index (χ4n) is 9.28. The summed E-state index contributed by atoms with van der Waals surface area (Å²) in [5, 5.41) is 0. The van der Waals surface area contributed by atoms with Crippen LogP contribution in [-0.4, -0.2) is 23.2 Å². The minimum atomic E-state index is 0.112. The van der Waals surface area contributed by atoms with Gasteiger partial charge in [0.15, 0.2) is 0 Å². The van der Waals surface area contributed by atoms with E-state index in [4.69, 9.17) is 0 Å². The molecule has 0 saturated carbocycles. The van der Waals surface area contributed by atoms with E-state index in [1.165, 1.54) is 57.6 Å². The summed E-state index contributed by atoms with van der Waals surface area (Å²) in [6.45, 7) is 33.8. The molecule has 0 aliphatic carbocycles. The molecule has 2 aromatic carbocycles. The highest BCUT2D eigenvalue weighted by atomic mass is 15.3. The number of aryl methyl sites for hydroxylation is 5. The summed E-state index contributed by atoms with van der Waals surface area (Å²) in [5.74, 6) is 0. The molecule has 0 N–H and O–H groups in total. The Morgan fingerprint density at radius 3 is 1.56 bits per heavy atom. The fraction of sp³-hybridized carbons (Fsp3) is 0.676.